The number of carbonyl (C=O) groups is 2. The van der Waals surface area contributed by atoms with Crippen LogP contribution in [-0.2, 0) is 45.1 Å². The molecule has 0 aliphatic heterocycles. The van der Waals surface area contributed by atoms with Crippen molar-refractivity contribution in [1.29, 1.82) is 0 Å². The maximum atomic E-state index is 13.0. The molecule has 0 bridgehead atoms. The lowest BCUT2D eigenvalue weighted by atomic mass is 10.0. The summed E-state index contributed by atoms with van der Waals surface area (Å²) in [6.07, 6.45) is 4.21. The van der Waals surface area contributed by atoms with Gasteiger partial charge in [-0.25, -0.2) is 0 Å². The first-order valence-electron chi connectivity index (χ1n) is 16.3. The number of hydrogen-bond donors (Lipinski definition) is 0. The summed E-state index contributed by atoms with van der Waals surface area (Å²) in [6, 6.07) is 32.0. The smallest absolute Gasteiger partial charge is 0.320 e. The van der Waals surface area contributed by atoms with Crippen molar-refractivity contribution >= 4 is 11.9 Å². The highest BCUT2D eigenvalue weighted by Gasteiger charge is 2.29. The molecule has 0 heterocycles. The Morgan fingerprint density at radius 2 is 1.04 bits per heavy atom. The molecule has 6 heteroatoms. The highest BCUT2D eigenvalue weighted by Crippen LogP contribution is 2.19. The van der Waals surface area contributed by atoms with Gasteiger partial charge in [0, 0.05) is 12.8 Å². The molecule has 0 fully saturated rings. The summed E-state index contributed by atoms with van der Waals surface area (Å²) in [7, 11) is 0. The van der Waals surface area contributed by atoms with E-state index in [0.717, 1.165) is 53.0 Å². The van der Waals surface area contributed by atoms with Crippen LogP contribution in [0.15, 0.2) is 97.1 Å². The first kappa shape index (κ1) is 34.3. The van der Waals surface area contributed by atoms with Crippen molar-refractivity contribution < 1.29 is 28.5 Å². The van der Waals surface area contributed by atoms with Crippen LogP contribution in [0.3, 0.4) is 0 Å². The Bertz CT molecular complexity index is 1400. The molecular weight excluding hydrogens is 576 g/mol. The first-order chi connectivity index (χ1) is 22.4. The summed E-state index contributed by atoms with van der Waals surface area (Å²) in [5, 5.41) is 0. The number of ether oxygens (including phenoxy) is 4. The Kier molecular flexibility index (Phi) is 13.7. The van der Waals surface area contributed by atoms with Crippen molar-refractivity contribution in [3.05, 3.63) is 130 Å². The lowest BCUT2D eigenvalue weighted by molar-refractivity contribution is -0.162. The van der Waals surface area contributed by atoms with E-state index in [1.165, 1.54) is 11.1 Å². The van der Waals surface area contributed by atoms with Gasteiger partial charge in [-0.1, -0.05) is 110 Å². The normalized spacial score (nSPS) is 10.9. The van der Waals surface area contributed by atoms with Gasteiger partial charge in [0.1, 0.15) is 24.7 Å². The van der Waals surface area contributed by atoms with Crippen LogP contribution < -0.4 is 9.47 Å². The minimum Gasteiger partial charge on any atom is -0.489 e. The maximum Gasteiger partial charge on any atom is 0.320 e. The molecule has 0 saturated carbocycles. The quantitative estimate of drug-likeness (QED) is 0.0629. The average Bonchev–Trinajstić information content (AvgIpc) is 3.06. The fourth-order valence-corrected chi connectivity index (χ4v) is 5.11. The van der Waals surface area contributed by atoms with Gasteiger partial charge >= 0.3 is 11.9 Å². The standard InChI is InChI=1S/C40H46O6/c1-4-5-6-13-38(39(41)43-24-22-32-14-18-36(19-15-32)45-28-34-11-7-9-30(2)26-34)40(42)44-25-23-33-16-20-37(21-17-33)46-29-35-12-8-10-31(3)27-35/h7-12,14-21,26-27,38H,4-6,13,22-25,28-29H2,1-3H3. The third kappa shape index (κ3) is 11.7. The minimum atomic E-state index is -0.915. The van der Waals surface area contributed by atoms with Crippen LogP contribution in [0.1, 0.15) is 66.0 Å². The Morgan fingerprint density at radius 3 is 1.46 bits per heavy atom. The van der Waals surface area contributed by atoms with Crippen molar-refractivity contribution in [3.63, 3.8) is 0 Å². The number of esters is 2. The molecule has 0 aromatic heterocycles. The van der Waals surface area contributed by atoms with E-state index in [9.17, 15) is 9.59 Å². The molecule has 6 nitrogen and oxygen atoms in total. The van der Waals surface area contributed by atoms with Crippen molar-refractivity contribution in [2.24, 2.45) is 5.92 Å². The van der Waals surface area contributed by atoms with Crippen molar-refractivity contribution in [1.82, 2.24) is 0 Å². The summed E-state index contributed by atoms with van der Waals surface area (Å²) in [5.74, 6) is -0.392. The van der Waals surface area contributed by atoms with Gasteiger partial charge in [-0.05, 0) is 66.8 Å². The van der Waals surface area contributed by atoms with Gasteiger partial charge < -0.3 is 18.9 Å². The third-order valence-corrected chi connectivity index (χ3v) is 7.76. The van der Waals surface area contributed by atoms with E-state index >= 15 is 0 Å². The Labute approximate surface area is 273 Å². The molecule has 242 valence electrons. The molecule has 0 unspecified atom stereocenters. The molecule has 4 aromatic rings. The van der Waals surface area contributed by atoms with Gasteiger partial charge in [-0.15, -0.1) is 0 Å². The first-order valence-corrected chi connectivity index (χ1v) is 16.3. The molecule has 0 N–H and O–H groups in total. The number of rotatable bonds is 18. The topological polar surface area (TPSA) is 71.1 Å². The monoisotopic (exact) mass is 622 g/mol. The van der Waals surface area contributed by atoms with Crippen LogP contribution in [0.4, 0.5) is 0 Å². The fourth-order valence-electron chi connectivity index (χ4n) is 5.11. The molecule has 0 radical (unpaired) electrons. The summed E-state index contributed by atoms with van der Waals surface area (Å²) in [6.45, 7) is 7.61. The molecule has 0 aliphatic carbocycles. The second-order valence-electron chi connectivity index (χ2n) is 11.7. The minimum absolute atomic E-state index is 0.193. The van der Waals surface area contributed by atoms with E-state index < -0.39 is 17.9 Å². The van der Waals surface area contributed by atoms with Crippen LogP contribution in [-0.4, -0.2) is 25.2 Å². The van der Waals surface area contributed by atoms with Gasteiger partial charge in [0.2, 0.25) is 0 Å². The van der Waals surface area contributed by atoms with E-state index in [1.54, 1.807) is 0 Å². The van der Waals surface area contributed by atoms with E-state index in [4.69, 9.17) is 18.9 Å². The summed E-state index contributed by atoms with van der Waals surface area (Å²) in [5.41, 5.74) is 6.69. The number of hydrogen-bond acceptors (Lipinski definition) is 6. The van der Waals surface area contributed by atoms with Gasteiger partial charge in [-0.3, -0.25) is 9.59 Å². The Balaban J connectivity index is 1.19. The van der Waals surface area contributed by atoms with E-state index in [-0.39, 0.29) is 13.2 Å². The lowest BCUT2D eigenvalue weighted by Gasteiger charge is -2.16. The zero-order valence-electron chi connectivity index (χ0n) is 27.3. The Hall–Kier alpha value is -4.58. The molecule has 0 saturated heterocycles. The highest BCUT2D eigenvalue weighted by molar-refractivity contribution is 5.94. The second-order valence-corrected chi connectivity index (χ2v) is 11.7. The van der Waals surface area contributed by atoms with Crippen LogP contribution in [0, 0.1) is 19.8 Å². The Morgan fingerprint density at radius 1 is 0.587 bits per heavy atom. The van der Waals surface area contributed by atoms with Crippen molar-refractivity contribution in [2.75, 3.05) is 13.2 Å². The maximum absolute atomic E-state index is 13.0. The third-order valence-electron chi connectivity index (χ3n) is 7.76. The zero-order chi connectivity index (χ0) is 32.6. The highest BCUT2D eigenvalue weighted by atomic mass is 16.6. The van der Waals surface area contributed by atoms with E-state index in [2.05, 4.69) is 45.0 Å². The molecule has 46 heavy (non-hydrogen) atoms. The van der Waals surface area contributed by atoms with Gasteiger partial charge in [0.15, 0.2) is 5.92 Å². The largest absolute Gasteiger partial charge is 0.489 e. The summed E-state index contributed by atoms with van der Waals surface area (Å²) < 4.78 is 22.9. The van der Waals surface area contributed by atoms with Crippen molar-refractivity contribution in [3.8, 4) is 11.5 Å². The number of aryl methyl sites for hydroxylation is 2. The number of benzene rings is 4. The van der Waals surface area contributed by atoms with Crippen LogP contribution in [0.5, 0.6) is 11.5 Å². The van der Waals surface area contributed by atoms with Gasteiger partial charge in [-0.2, -0.15) is 0 Å². The lowest BCUT2D eigenvalue weighted by Crippen LogP contribution is -2.29. The van der Waals surface area contributed by atoms with E-state index in [1.807, 2.05) is 72.8 Å². The average molecular weight is 623 g/mol. The SMILES string of the molecule is CCCCCC(C(=O)OCCc1ccc(OCc2cccc(C)c2)cc1)C(=O)OCCc1ccc(OCc2cccc(C)c2)cc1. The molecule has 0 atom stereocenters. The second kappa shape index (κ2) is 18.4. The fraction of sp³-hybridized carbons (Fsp3) is 0.350. The summed E-state index contributed by atoms with van der Waals surface area (Å²) >= 11 is 0. The predicted octanol–water partition coefficient (Wildman–Crippen LogP) is 8.53. The van der Waals surface area contributed by atoms with Crippen LogP contribution >= 0.6 is 0 Å². The summed E-state index contributed by atoms with van der Waals surface area (Å²) in [4.78, 5) is 25.9. The predicted molar refractivity (Wildman–Crippen MR) is 181 cm³/mol. The molecule has 0 spiro atoms. The zero-order valence-corrected chi connectivity index (χ0v) is 27.3. The molecule has 0 amide bonds. The molecular formula is C40H46O6. The molecule has 0 aliphatic rings. The van der Waals surface area contributed by atoms with Crippen LogP contribution in [0.25, 0.3) is 0 Å². The van der Waals surface area contributed by atoms with Crippen LogP contribution in [0.2, 0.25) is 0 Å². The van der Waals surface area contributed by atoms with Gasteiger partial charge in [0.25, 0.3) is 0 Å². The van der Waals surface area contributed by atoms with Crippen molar-refractivity contribution in [2.45, 2.75) is 72.5 Å². The number of carbonyl (C=O) groups excluding carboxylic acids is 2. The van der Waals surface area contributed by atoms with E-state index in [0.29, 0.717) is 32.5 Å². The molecule has 4 aromatic carbocycles. The number of unbranched alkanes of at least 4 members (excludes halogenated alkanes) is 2. The van der Waals surface area contributed by atoms with Gasteiger partial charge in [0.05, 0.1) is 13.2 Å². The molecule has 4 rings (SSSR count).